The normalized spacial score (nSPS) is 10.4. The van der Waals surface area contributed by atoms with Crippen LogP contribution >= 0.6 is 11.3 Å². The first kappa shape index (κ1) is 17.9. The van der Waals surface area contributed by atoms with Gasteiger partial charge in [-0.3, -0.25) is 9.59 Å². The lowest BCUT2D eigenvalue weighted by molar-refractivity contribution is 0.0786. The Morgan fingerprint density at radius 2 is 1.77 bits per heavy atom. The van der Waals surface area contributed by atoms with Crippen LogP contribution < -0.4 is 5.32 Å². The molecule has 3 rings (SSSR count). The summed E-state index contributed by atoms with van der Waals surface area (Å²) >= 11 is 1.62. The van der Waals surface area contributed by atoms with E-state index in [4.69, 9.17) is 0 Å². The Balaban J connectivity index is 1.76. The van der Waals surface area contributed by atoms with Gasteiger partial charge in [0.15, 0.2) is 0 Å². The van der Waals surface area contributed by atoms with Crippen molar-refractivity contribution in [2.45, 2.75) is 13.5 Å². The fourth-order valence-corrected chi connectivity index (χ4v) is 3.36. The summed E-state index contributed by atoms with van der Waals surface area (Å²) in [5, 5.41) is 4.90. The van der Waals surface area contributed by atoms with Gasteiger partial charge in [-0.25, -0.2) is 0 Å². The molecule has 26 heavy (non-hydrogen) atoms. The third-order valence-corrected chi connectivity index (χ3v) is 4.95. The Labute approximate surface area is 157 Å². The maximum Gasteiger partial charge on any atom is 0.255 e. The molecule has 0 radical (unpaired) electrons. The van der Waals surface area contributed by atoms with Gasteiger partial charge in [0.05, 0.1) is 6.54 Å². The predicted molar refractivity (Wildman–Crippen MR) is 106 cm³/mol. The summed E-state index contributed by atoms with van der Waals surface area (Å²) in [4.78, 5) is 27.9. The predicted octanol–water partition coefficient (Wildman–Crippen LogP) is 4.58. The van der Waals surface area contributed by atoms with Crippen LogP contribution in [0.2, 0.25) is 0 Å². The highest BCUT2D eigenvalue weighted by Gasteiger charge is 2.15. The number of nitrogens with one attached hydrogen (secondary N) is 1. The highest BCUT2D eigenvalue weighted by molar-refractivity contribution is 7.09. The van der Waals surface area contributed by atoms with Gasteiger partial charge in [-0.05, 0) is 48.2 Å². The molecule has 0 aliphatic rings. The molecule has 2 amide bonds. The number of hydrogen-bond donors (Lipinski definition) is 1. The molecule has 3 aromatic rings. The summed E-state index contributed by atoms with van der Waals surface area (Å²) in [6.45, 7) is 2.47. The van der Waals surface area contributed by atoms with Crippen LogP contribution in [0.25, 0.3) is 0 Å². The number of carbonyl (C=O) groups excluding carboxylic acids is 2. The number of hydrogen-bond acceptors (Lipinski definition) is 3. The largest absolute Gasteiger partial charge is 0.337 e. The highest BCUT2D eigenvalue weighted by Crippen LogP contribution is 2.20. The summed E-state index contributed by atoms with van der Waals surface area (Å²) in [6, 6.07) is 18.4. The molecule has 0 atom stereocenters. The summed E-state index contributed by atoms with van der Waals surface area (Å²) in [5.41, 5.74) is 2.69. The van der Waals surface area contributed by atoms with Crippen LogP contribution in [0.3, 0.4) is 0 Å². The highest BCUT2D eigenvalue weighted by atomic mass is 32.1. The summed E-state index contributed by atoms with van der Waals surface area (Å²) in [7, 11) is 1.78. The number of rotatable bonds is 5. The molecule has 132 valence electrons. The fraction of sp³-hybridized carbons (Fsp3) is 0.143. The average molecular weight is 364 g/mol. The van der Waals surface area contributed by atoms with Gasteiger partial charge in [0.2, 0.25) is 0 Å². The maximum absolute atomic E-state index is 12.7. The summed E-state index contributed by atoms with van der Waals surface area (Å²) in [6.07, 6.45) is 0. The molecule has 0 fully saturated rings. The molecule has 0 bridgehead atoms. The molecule has 5 heteroatoms. The SMILES string of the molecule is Cc1ccc(C(=O)N(C)Cc2cccs2)cc1NC(=O)c1ccccc1. The molecule has 1 N–H and O–H groups in total. The number of thiophene rings is 1. The van der Waals surface area contributed by atoms with Gasteiger partial charge in [0, 0.05) is 28.7 Å². The molecule has 1 heterocycles. The van der Waals surface area contributed by atoms with Crippen LogP contribution in [-0.4, -0.2) is 23.8 Å². The smallest absolute Gasteiger partial charge is 0.255 e. The van der Waals surface area contributed by atoms with Crippen LogP contribution in [0, 0.1) is 6.92 Å². The molecule has 0 aliphatic carbocycles. The van der Waals surface area contributed by atoms with E-state index >= 15 is 0 Å². The van der Waals surface area contributed by atoms with E-state index in [2.05, 4.69) is 5.32 Å². The van der Waals surface area contributed by atoms with Gasteiger partial charge >= 0.3 is 0 Å². The van der Waals surface area contributed by atoms with Crippen LogP contribution in [0.4, 0.5) is 5.69 Å². The van der Waals surface area contributed by atoms with E-state index in [1.807, 2.05) is 48.7 Å². The lowest BCUT2D eigenvalue weighted by Crippen LogP contribution is -2.26. The van der Waals surface area contributed by atoms with Gasteiger partial charge in [-0.15, -0.1) is 11.3 Å². The zero-order valence-corrected chi connectivity index (χ0v) is 15.5. The van der Waals surface area contributed by atoms with E-state index in [-0.39, 0.29) is 11.8 Å². The topological polar surface area (TPSA) is 49.4 Å². The molecule has 0 unspecified atom stereocenters. The van der Waals surface area contributed by atoms with Crippen molar-refractivity contribution >= 4 is 28.8 Å². The van der Waals surface area contributed by atoms with Gasteiger partial charge in [-0.1, -0.05) is 30.3 Å². The first-order chi connectivity index (χ1) is 12.5. The van der Waals surface area contributed by atoms with Crippen molar-refractivity contribution in [2.75, 3.05) is 12.4 Å². The number of nitrogens with zero attached hydrogens (tertiary/aromatic N) is 1. The minimum absolute atomic E-state index is 0.0754. The number of amides is 2. The average Bonchev–Trinajstić information content (AvgIpc) is 3.16. The van der Waals surface area contributed by atoms with Crippen LogP contribution in [0.15, 0.2) is 66.0 Å². The maximum atomic E-state index is 12.7. The van der Waals surface area contributed by atoms with Crippen molar-refractivity contribution in [3.63, 3.8) is 0 Å². The Hall–Kier alpha value is -2.92. The van der Waals surface area contributed by atoms with E-state index in [0.717, 1.165) is 10.4 Å². The van der Waals surface area contributed by atoms with E-state index in [9.17, 15) is 9.59 Å². The first-order valence-electron chi connectivity index (χ1n) is 8.29. The lowest BCUT2D eigenvalue weighted by atomic mass is 10.1. The van der Waals surface area contributed by atoms with Gasteiger partial charge in [-0.2, -0.15) is 0 Å². The molecule has 0 aliphatic heterocycles. The third-order valence-electron chi connectivity index (χ3n) is 4.09. The van der Waals surface area contributed by atoms with Gasteiger partial charge in [0.1, 0.15) is 0 Å². The standard InChI is InChI=1S/C21H20N2O2S/c1-15-10-11-17(21(25)23(2)14-18-9-6-12-26-18)13-19(15)22-20(24)16-7-4-3-5-8-16/h3-13H,14H2,1-2H3,(H,22,24). The molecule has 1 aromatic heterocycles. The number of aryl methyl sites for hydroxylation is 1. The second kappa shape index (κ2) is 7.97. The monoisotopic (exact) mass is 364 g/mol. The Morgan fingerprint density at radius 1 is 1.00 bits per heavy atom. The minimum Gasteiger partial charge on any atom is -0.337 e. The molecule has 4 nitrogen and oxygen atoms in total. The zero-order valence-electron chi connectivity index (χ0n) is 14.7. The van der Waals surface area contributed by atoms with Crippen molar-refractivity contribution in [3.8, 4) is 0 Å². The van der Waals surface area contributed by atoms with Crippen LogP contribution in [0.1, 0.15) is 31.2 Å². The fourth-order valence-electron chi connectivity index (χ4n) is 2.60. The van der Waals surface area contributed by atoms with Crippen molar-refractivity contribution in [2.24, 2.45) is 0 Å². The lowest BCUT2D eigenvalue weighted by Gasteiger charge is -2.17. The molecule has 0 spiro atoms. The van der Waals surface area contributed by atoms with E-state index in [0.29, 0.717) is 23.4 Å². The molecule has 0 saturated heterocycles. The molecular weight excluding hydrogens is 344 g/mol. The van der Waals surface area contributed by atoms with Gasteiger partial charge < -0.3 is 10.2 Å². The Kier molecular flexibility index (Phi) is 5.49. The Bertz CT molecular complexity index is 905. The number of anilines is 1. The minimum atomic E-state index is -0.190. The summed E-state index contributed by atoms with van der Waals surface area (Å²) in [5.74, 6) is -0.265. The first-order valence-corrected chi connectivity index (χ1v) is 9.17. The van der Waals surface area contributed by atoms with Crippen LogP contribution in [-0.2, 0) is 6.54 Å². The second-order valence-electron chi connectivity index (χ2n) is 6.09. The number of benzene rings is 2. The quantitative estimate of drug-likeness (QED) is 0.720. The van der Waals surface area contributed by atoms with Crippen molar-refractivity contribution in [1.82, 2.24) is 4.90 Å². The van der Waals surface area contributed by atoms with E-state index in [1.54, 1.807) is 47.5 Å². The van der Waals surface area contributed by atoms with Crippen molar-refractivity contribution in [1.29, 1.82) is 0 Å². The second-order valence-corrected chi connectivity index (χ2v) is 7.12. The zero-order chi connectivity index (χ0) is 18.5. The van der Waals surface area contributed by atoms with E-state index < -0.39 is 0 Å². The van der Waals surface area contributed by atoms with Crippen molar-refractivity contribution in [3.05, 3.63) is 87.6 Å². The third kappa shape index (κ3) is 4.18. The van der Waals surface area contributed by atoms with Gasteiger partial charge in [0.25, 0.3) is 11.8 Å². The van der Waals surface area contributed by atoms with Crippen LogP contribution in [0.5, 0.6) is 0 Å². The van der Waals surface area contributed by atoms with E-state index in [1.165, 1.54) is 0 Å². The number of carbonyl (C=O) groups is 2. The van der Waals surface area contributed by atoms with Crippen molar-refractivity contribution < 1.29 is 9.59 Å². The summed E-state index contributed by atoms with van der Waals surface area (Å²) < 4.78 is 0. The Morgan fingerprint density at radius 3 is 2.46 bits per heavy atom. The molecule has 2 aromatic carbocycles. The molecular formula is C21H20N2O2S. The molecule has 0 saturated carbocycles.